The molecule has 27 heavy (non-hydrogen) atoms. The molecule has 1 fully saturated rings. The van der Waals surface area contributed by atoms with E-state index in [-0.39, 0.29) is 18.7 Å². The average molecular weight is 370 g/mol. The van der Waals surface area contributed by atoms with Crippen LogP contribution in [-0.2, 0) is 7.05 Å². The van der Waals surface area contributed by atoms with Crippen molar-refractivity contribution < 1.29 is 14.3 Å². The van der Waals surface area contributed by atoms with Gasteiger partial charge in [-0.3, -0.25) is 9.69 Å². The van der Waals surface area contributed by atoms with Crippen molar-refractivity contribution in [1.29, 1.82) is 0 Å². The molecule has 1 N–H and O–H groups in total. The first-order chi connectivity index (χ1) is 13.1. The van der Waals surface area contributed by atoms with Gasteiger partial charge in [0.25, 0.3) is 5.91 Å². The van der Waals surface area contributed by atoms with E-state index in [0.717, 1.165) is 26.2 Å². The first-order valence-corrected chi connectivity index (χ1v) is 9.33. The van der Waals surface area contributed by atoms with Crippen LogP contribution in [0.4, 0.5) is 0 Å². The van der Waals surface area contributed by atoms with Crippen molar-refractivity contribution in [1.82, 2.24) is 19.7 Å². The van der Waals surface area contributed by atoms with Crippen molar-refractivity contribution in [2.45, 2.75) is 6.04 Å². The number of ether oxygens (including phenoxy) is 2. The van der Waals surface area contributed by atoms with Gasteiger partial charge in [-0.15, -0.1) is 0 Å². The Balaban J connectivity index is 1.47. The molecule has 4 rings (SSSR count). The molecule has 1 aromatic carbocycles. The Morgan fingerprint density at radius 3 is 2.63 bits per heavy atom. The molecule has 1 atom stereocenters. The van der Waals surface area contributed by atoms with Gasteiger partial charge in [-0.1, -0.05) is 0 Å². The molecular formula is C20H26N4O3. The summed E-state index contributed by atoms with van der Waals surface area (Å²) in [5, 5.41) is 3.11. The van der Waals surface area contributed by atoms with E-state index in [1.165, 1.54) is 5.69 Å². The second-order valence-corrected chi connectivity index (χ2v) is 7.18. The molecule has 1 amide bonds. The number of nitrogens with one attached hydrogen (secondary N) is 1. The van der Waals surface area contributed by atoms with Crippen LogP contribution in [0.5, 0.6) is 11.5 Å². The number of carbonyl (C=O) groups excluding carboxylic acids is 1. The summed E-state index contributed by atoms with van der Waals surface area (Å²) in [6, 6.07) is 9.64. The number of rotatable bonds is 5. The lowest BCUT2D eigenvalue weighted by atomic mass is 10.1. The number of benzene rings is 1. The third kappa shape index (κ3) is 3.79. The summed E-state index contributed by atoms with van der Waals surface area (Å²) in [7, 11) is 4.20. The van der Waals surface area contributed by atoms with E-state index in [0.29, 0.717) is 23.6 Å². The Kier molecular flexibility index (Phi) is 5.05. The van der Waals surface area contributed by atoms with Gasteiger partial charge in [0.1, 0.15) is 0 Å². The van der Waals surface area contributed by atoms with E-state index in [9.17, 15) is 4.79 Å². The first kappa shape index (κ1) is 17.9. The quantitative estimate of drug-likeness (QED) is 0.864. The van der Waals surface area contributed by atoms with Crippen LogP contribution in [0.2, 0.25) is 0 Å². The van der Waals surface area contributed by atoms with Gasteiger partial charge in [0.2, 0.25) is 6.79 Å². The number of hydrogen-bond acceptors (Lipinski definition) is 5. The van der Waals surface area contributed by atoms with Crippen molar-refractivity contribution in [2.24, 2.45) is 7.05 Å². The van der Waals surface area contributed by atoms with Crippen molar-refractivity contribution in [3.63, 3.8) is 0 Å². The van der Waals surface area contributed by atoms with Gasteiger partial charge in [-0.05, 0) is 37.4 Å². The maximum Gasteiger partial charge on any atom is 0.251 e. The van der Waals surface area contributed by atoms with Crippen molar-refractivity contribution in [3.8, 4) is 11.5 Å². The summed E-state index contributed by atoms with van der Waals surface area (Å²) in [4.78, 5) is 17.5. The summed E-state index contributed by atoms with van der Waals surface area (Å²) < 4.78 is 12.8. The summed E-state index contributed by atoms with van der Waals surface area (Å²) >= 11 is 0. The first-order valence-electron chi connectivity index (χ1n) is 9.33. The maximum atomic E-state index is 12.7. The highest BCUT2D eigenvalue weighted by Crippen LogP contribution is 2.32. The van der Waals surface area contributed by atoms with Crippen LogP contribution in [0, 0.1) is 0 Å². The Hall–Kier alpha value is -2.51. The third-order valence-corrected chi connectivity index (χ3v) is 5.39. The second kappa shape index (κ2) is 7.62. The van der Waals surface area contributed by atoms with Gasteiger partial charge >= 0.3 is 0 Å². The largest absolute Gasteiger partial charge is 0.454 e. The lowest BCUT2D eigenvalue weighted by Crippen LogP contribution is -2.48. The van der Waals surface area contributed by atoms with Gasteiger partial charge in [0, 0.05) is 57.2 Å². The normalized spacial score (nSPS) is 18.4. The monoisotopic (exact) mass is 370 g/mol. The fraction of sp³-hybridized carbons (Fsp3) is 0.450. The molecule has 1 unspecified atom stereocenters. The highest BCUT2D eigenvalue weighted by atomic mass is 16.7. The fourth-order valence-electron chi connectivity index (χ4n) is 3.70. The molecule has 144 valence electrons. The summed E-state index contributed by atoms with van der Waals surface area (Å²) in [6.07, 6.45) is 2.05. The molecule has 7 heteroatoms. The van der Waals surface area contributed by atoms with Crippen molar-refractivity contribution >= 4 is 5.91 Å². The number of likely N-dealkylation sites (N-methyl/N-ethyl adjacent to an activating group) is 1. The standard InChI is InChI=1S/C20H26N4O3/c1-22-8-10-24(11-9-22)17(16-4-3-7-23(16)2)13-21-20(25)15-5-6-18-19(12-15)27-14-26-18/h3-7,12,17H,8-11,13-14H2,1-2H3,(H,21,25). The smallest absolute Gasteiger partial charge is 0.251 e. The molecule has 3 heterocycles. The highest BCUT2D eigenvalue weighted by molar-refractivity contribution is 5.94. The van der Waals surface area contributed by atoms with Gasteiger partial charge in [-0.2, -0.15) is 0 Å². The minimum Gasteiger partial charge on any atom is -0.454 e. The molecule has 7 nitrogen and oxygen atoms in total. The predicted molar refractivity (Wildman–Crippen MR) is 102 cm³/mol. The number of fused-ring (bicyclic) bond motifs is 1. The SMILES string of the molecule is CN1CCN(C(CNC(=O)c2ccc3c(c2)OCO3)c2cccn2C)CC1. The molecule has 0 spiro atoms. The number of aromatic nitrogens is 1. The van der Waals surface area contributed by atoms with Crippen LogP contribution in [0.1, 0.15) is 22.1 Å². The molecule has 0 radical (unpaired) electrons. The van der Waals surface area contributed by atoms with E-state index in [1.807, 2.05) is 0 Å². The maximum absolute atomic E-state index is 12.7. The van der Waals surface area contributed by atoms with Gasteiger partial charge in [-0.25, -0.2) is 0 Å². The van der Waals surface area contributed by atoms with E-state index >= 15 is 0 Å². The Labute approximate surface area is 159 Å². The molecule has 2 aliphatic rings. The van der Waals surface area contributed by atoms with Crippen LogP contribution in [0.3, 0.4) is 0 Å². The molecule has 1 saturated heterocycles. The number of hydrogen-bond donors (Lipinski definition) is 1. The predicted octanol–water partition coefficient (Wildman–Crippen LogP) is 1.47. The van der Waals surface area contributed by atoms with Crippen LogP contribution in [0.25, 0.3) is 0 Å². The summed E-state index contributed by atoms with van der Waals surface area (Å²) in [6.45, 7) is 4.83. The lowest BCUT2D eigenvalue weighted by Gasteiger charge is -2.38. The van der Waals surface area contributed by atoms with Gasteiger partial charge < -0.3 is 24.3 Å². The summed E-state index contributed by atoms with van der Waals surface area (Å²) in [5.41, 5.74) is 1.80. The molecule has 0 saturated carbocycles. The lowest BCUT2D eigenvalue weighted by molar-refractivity contribution is 0.0877. The van der Waals surface area contributed by atoms with E-state index in [4.69, 9.17) is 9.47 Å². The molecule has 1 aromatic heterocycles. The second-order valence-electron chi connectivity index (χ2n) is 7.18. The molecule has 0 bridgehead atoms. The zero-order valence-electron chi connectivity index (χ0n) is 15.9. The highest BCUT2D eigenvalue weighted by Gasteiger charge is 2.26. The minimum atomic E-state index is -0.0957. The molecule has 2 aromatic rings. The zero-order chi connectivity index (χ0) is 18.8. The number of piperazine rings is 1. The summed E-state index contributed by atoms with van der Waals surface area (Å²) in [5.74, 6) is 1.22. The Bertz CT molecular complexity index is 811. The van der Waals surface area contributed by atoms with Gasteiger partial charge in [0.05, 0.1) is 6.04 Å². The fourth-order valence-corrected chi connectivity index (χ4v) is 3.70. The molecule has 2 aliphatic heterocycles. The number of amides is 1. The van der Waals surface area contributed by atoms with Crippen LogP contribution < -0.4 is 14.8 Å². The van der Waals surface area contributed by atoms with E-state index < -0.39 is 0 Å². The van der Waals surface area contributed by atoms with Crippen LogP contribution >= 0.6 is 0 Å². The molecular weight excluding hydrogens is 344 g/mol. The van der Waals surface area contributed by atoms with Crippen LogP contribution in [0.15, 0.2) is 36.5 Å². The van der Waals surface area contributed by atoms with Crippen LogP contribution in [-0.4, -0.2) is 66.8 Å². The number of carbonyl (C=O) groups is 1. The number of aryl methyl sites for hydroxylation is 1. The van der Waals surface area contributed by atoms with Gasteiger partial charge in [0.15, 0.2) is 11.5 Å². The average Bonchev–Trinajstić information content (AvgIpc) is 3.31. The Morgan fingerprint density at radius 1 is 1.11 bits per heavy atom. The Morgan fingerprint density at radius 2 is 1.89 bits per heavy atom. The van der Waals surface area contributed by atoms with E-state index in [2.05, 4.69) is 52.1 Å². The number of nitrogens with zero attached hydrogens (tertiary/aromatic N) is 3. The third-order valence-electron chi connectivity index (χ3n) is 5.39. The van der Waals surface area contributed by atoms with Crippen molar-refractivity contribution in [3.05, 3.63) is 47.8 Å². The van der Waals surface area contributed by atoms with E-state index in [1.54, 1.807) is 18.2 Å². The minimum absolute atomic E-state index is 0.0957. The van der Waals surface area contributed by atoms with Crippen molar-refractivity contribution in [2.75, 3.05) is 46.6 Å². The topological polar surface area (TPSA) is 59.0 Å². The molecule has 0 aliphatic carbocycles. The zero-order valence-corrected chi connectivity index (χ0v) is 15.9.